The molecule has 0 unspecified atom stereocenters. The maximum atomic E-state index is 11.5. The van der Waals surface area contributed by atoms with E-state index in [4.69, 9.17) is 9.84 Å². The number of carboxylic acids is 1. The molecule has 0 heterocycles. The summed E-state index contributed by atoms with van der Waals surface area (Å²) in [6, 6.07) is 0.0377. The average molecular weight is 243 g/mol. The Morgan fingerprint density at radius 1 is 1.41 bits per heavy atom. The van der Waals surface area contributed by atoms with Crippen LogP contribution in [0.4, 0.5) is 0 Å². The maximum Gasteiger partial charge on any atom is 0.306 e. The van der Waals surface area contributed by atoms with Crippen molar-refractivity contribution < 1.29 is 19.4 Å². The van der Waals surface area contributed by atoms with Gasteiger partial charge in [0.15, 0.2) is 0 Å². The summed E-state index contributed by atoms with van der Waals surface area (Å²) in [6.07, 6.45) is 3.17. The van der Waals surface area contributed by atoms with Crippen LogP contribution < -0.4 is 5.32 Å². The molecule has 0 bridgehead atoms. The van der Waals surface area contributed by atoms with Crippen LogP contribution in [-0.2, 0) is 14.3 Å². The molecule has 0 radical (unpaired) electrons. The van der Waals surface area contributed by atoms with Gasteiger partial charge in [-0.25, -0.2) is 0 Å². The predicted octanol–water partition coefficient (Wildman–Crippen LogP) is 1.17. The standard InChI is InChI=1S/C12H21NO4/c1-2-17-7-3-4-11(14)13-10-6-5-9(8-10)12(15)16/h9-10H,2-8H2,1H3,(H,13,14)(H,15,16)/t9-,10+/m0/s1. The number of carbonyl (C=O) groups excluding carboxylic acids is 1. The Balaban J connectivity index is 2.13. The van der Waals surface area contributed by atoms with Crippen LogP contribution in [0.25, 0.3) is 0 Å². The fraction of sp³-hybridized carbons (Fsp3) is 0.833. The van der Waals surface area contributed by atoms with Gasteiger partial charge in [0.1, 0.15) is 0 Å². The van der Waals surface area contributed by atoms with Gasteiger partial charge in [-0.05, 0) is 32.6 Å². The molecule has 0 saturated heterocycles. The van der Waals surface area contributed by atoms with E-state index in [1.807, 2.05) is 6.92 Å². The van der Waals surface area contributed by atoms with Crippen LogP contribution in [0.15, 0.2) is 0 Å². The third kappa shape index (κ3) is 5.17. The van der Waals surface area contributed by atoms with Gasteiger partial charge in [-0.2, -0.15) is 0 Å². The van der Waals surface area contributed by atoms with Crippen LogP contribution in [-0.4, -0.2) is 36.2 Å². The van der Waals surface area contributed by atoms with E-state index < -0.39 is 5.97 Å². The molecule has 1 fully saturated rings. The van der Waals surface area contributed by atoms with Gasteiger partial charge in [0, 0.05) is 25.7 Å². The SMILES string of the molecule is CCOCCCC(=O)N[C@@H]1CC[C@H](C(=O)O)C1. The Hall–Kier alpha value is -1.10. The average Bonchev–Trinajstić information content (AvgIpc) is 2.73. The number of carboxylic acid groups (broad SMARTS) is 1. The number of rotatable bonds is 7. The van der Waals surface area contributed by atoms with Crippen LogP contribution >= 0.6 is 0 Å². The third-order valence-electron chi connectivity index (χ3n) is 3.04. The lowest BCUT2D eigenvalue weighted by Gasteiger charge is -2.12. The van der Waals surface area contributed by atoms with E-state index in [1.54, 1.807) is 0 Å². The van der Waals surface area contributed by atoms with Gasteiger partial charge in [0.05, 0.1) is 5.92 Å². The van der Waals surface area contributed by atoms with E-state index in [0.717, 1.165) is 12.8 Å². The molecule has 1 aliphatic rings. The number of hydrogen-bond donors (Lipinski definition) is 2. The highest BCUT2D eigenvalue weighted by atomic mass is 16.5. The van der Waals surface area contributed by atoms with E-state index in [2.05, 4.69) is 5.32 Å². The van der Waals surface area contributed by atoms with Crippen LogP contribution in [0.5, 0.6) is 0 Å². The molecule has 0 aromatic rings. The topological polar surface area (TPSA) is 75.6 Å². The largest absolute Gasteiger partial charge is 0.481 e. The van der Waals surface area contributed by atoms with Gasteiger partial charge in [0.25, 0.3) is 0 Å². The number of aliphatic carboxylic acids is 1. The van der Waals surface area contributed by atoms with Gasteiger partial charge in [0.2, 0.25) is 5.91 Å². The second-order valence-electron chi connectivity index (χ2n) is 4.41. The van der Waals surface area contributed by atoms with Crippen molar-refractivity contribution in [1.29, 1.82) is 0 Å². The van der Waals surface area contributed by atoms with E-state index in [0.29, 0.717) is 32.5 Å². The van der Waals surface area contributed by atoms with Gasteiger partial charge in [-0.15, -0.1) is 0 Å². The molecule has 2 N–H and O–H groups in total. The molecule has 17 heavy (non-hydrogen) atoms. The molecule has 1 saturated carbocycles. The first kappa shape index (κ1) is 14.0. The second kappa shape index (κ2) is 7.27. The van der Waals surface area contributed by atoms with Crippen LogP contribution in [0.3, 0.4) is 0 Å². The molecule has 0 aromatic heterocycles. The van der Waals surface area contributed by atoms with Crippen molar-refractivity contribution in [3.05, 3.63) is 0 Å². The Kier molecular flexibility index (Phi) is 5.97. The van der Waals surface area contributed by atoms with Crippen molar-refractivity contribution in [3.63, 3.8) is 0 Å². The summed E-state index contributed by atoms with van der Waals surface area (Å²) < 4.78 is 5.14. The van der Waals surface area contributed by atoms with Crippen molar-refractivity contribution in [2.24, 2.45) is 5.92 Å². The number of carbonyl (C=O) groups is 2. The zero-order chi connectivity index (χ0) is 12.7. The summed E-state index contributed by atoms with van der Waals surface area (Å²) in [6.45, 7) is 3.20. The minimum Gasteiger partial charge on any atom is -0.481 e. The number of ether oxygens (including phenoxy) is 1. The Morgan fingerprint density at radius 2 is 2.18 bits per heavy atom. The van der Waals surface area contributed by atoms with Crippen LogP contribution in [0.2, 0.25) is 0 Å². The van der Waals surface area contributed by atoms with Crippen molar-refractivity contribution in [3.8, 4) is 0 Å². The third-order valence-corrected chi connectivity index (χ3v) is 3.04. The van der Waals surface area contributed by atoms with Gasteiger partial charge in [-0.1, -0.05) is 0 Å². The van der Waals surface area contributed by atoms with Crippen LogP contribution in [0, 0.1) is 5.92 Å². The van der Waals surface area contributed by atoms with Gasteiger partial charge < -0.3 is 15.2 Å². The summed E-state index contributed by atoms with van der Waals surface area (Å²) in [4.78, 5) is 22.3. The minimum atomic E-state index is -0.752. The van der Waals surface area contributed by atoms with Crippen molar-refractivity contribution in [1.82, 2.24) is 5.32 Å². The molecule has 1 amide bonds. The van der Waals surface area contributed by atoms with Crippen molar-refractivity contribution in [2.45, 2.75) is 45.1 Å². The molecular formula is C12H21NO4. The quantitative estimate of drug-likeness (QED) is 0.658. The van der Waals surface area contributed by atoms with Crippen LogP contribution in [0.1, 0.15) is 39.0 Å². The highest BCUT2D eigenvalue weighted by molar-refractivity contribution is 5.76. The summed E-state index contributed by atoms with van der Waals surface area (Å²) in [7, 11) is 0. The summed E-state index contributed by atoms with van der Waals surface area (Å²) >= 11 is 0. The Morgan fingerprint density at radius 3 is 2.76 bits per heavy atom. The molecule has 5 nitrogen and oxygen atoms in total. The molecule has 0 aromatic carbocycles. The lowest BCUT2D eigenvalue weighted by molar-refractivity contribution is -0.141. The second-order valence-corrected chi connectivity index (χ2v) is 4.41. The molecule has 1 aliphatic carbocycles. The van der Waals surface area contributed by atoms with Crippen molar-refractivity contribution >= 4 is 11.9 Å². The van der Waals surface area contributed by atoms with Gasteiger partial charge >= 0.3 is 5.97 Å². The predicted molar refractivity (Wildman–Crippen MR) is 62.6 cm³/mol. The molecule has 98 valence electrons. The molecule has 0 aliphatic heterocycles. The minimum absolute atomic E-state index is 0.000687. The fourth-order valence-corrected chi connectivity index (χ4v) is 2.12. The van der Waals surface area contributed by atoms with E-state index in [9.17, 15) is 9.59 Å². The lowest BCUT2D eigenvalue weighted by atomic mass is 10.1. The molecular weight excluding hydrogens is 222 g/mol. The summed E-state index contributed by atoms with van der Waals surface area (Å²) in [5.74, 6) is -1.04. The summed E-state index contributed by atoms with van der Waals surface area (Å²) in [5, 5.41) is 11.7. The Bertz CT molecular complexity index is 267. The first-order valence-corrected chi connectivity index (χ1v) is 6.23. The van der Waals surface area contributed by atoms with E-state index >= 15 is 0 Å². The fourth-order valence-electron chi connectivity index (χ4n) is 2.12. The smallest absolute Gasteiger partial charge is 0.306 e. The monoisotopic (exact) mass is 243 g/mol. The highest BCUT2D eigenvalue weighted by Crippen LogP contribution is 2.25. The molecule has 1 rings (SSSR count). The highest BCUT2D eigenvalue weighted by Gasteiger charge is 2.30. The normalized spacial score (nSPS) is 23.6. The zero-order valence-corrected chi connectivity index (χ0v) is 10.3. The van der Waals surface area contributed by atoms with E-state index in [1.165, 1.54) is 0 Å². The lowest BCUT2D eigenvalue weighted by Crippen LogP contribution is -2.33. The number of nitrogens with one attached hydrogen (secondary N) is 1. The van der Waals surface area contributed by atoms with E-state index in [-0.39, 0.29) is 17.9 Å². The first-order valence-electron chi connectivity index (χ1n) is 6.23. The first-order chi connectivity index (χ1) is 8.13. The summed E-state index contributed by atoms with van der Waals surface area (Å²) in [5.41, 5.74) is 0. The van der Waals surface area contributed by atoms with Gasteiger partial charge in [-0.3, -0.25) is 9.59 Å². The number of hydrogen-bond acceptors (Lipinski definition) is 3. The van der Waals surface area contributed by atoms with Crippen molar-refractivity contribution in [2.75, 3.05) is 13.2 Å². The zero-order valence-electron chi connectivity index (χ0n) is 10.3. The maximum absolute atomic E-state index is 11.5. The molecule has 2 atom stereocenters. The Labute approximate surface area is 102 Å². The molecule has 5 heteroatoms. The molecule has 0 spiro atoms. The number of amides is 1.